The van der Waals surface area contributed by atoms with Gasteiger partial charge in [-0.05, 0) is 50.2 Å². The van der Waals surface area contributed by atoms with Gasteiger partial charge in [-0.25, -0.2) is 14.0 Å². The van der Waals surface area contributed by atoms with Gasteiger partial charge in [0.05, 0.1) is 10.7 Å². The van der Waals surface area contributed by atoms with E-state index < -0.39 is 17.5 Å². The summed E-state index contributed by atoms with van der Waals surface area (Å²) in [6, 6.07) is 11.3. The molecular weight excluding hydrogens is 359 g/mol. The van der Waals surface area contributed by atoms with E-state index in [1.54, 1.807) is 38.1 Å². The van der Waals surface area contributed by atoms with E-state index in [0.717, 1.165) is 15.6 Å². The number of aromatic nitrogens is 3. The summed E-state index contributed by atoms with van der Waals surface area (Å²) in [5.41, 5.74) is 0.211. The normalized spacial score (nSPS) is 11.0. The van der Waals surface area contributed by atoms with Gasteiger partial charge in [0.2, 0.25) is 0 Å². The second-order valence-electron chi connectivity index (χ2n) is 5.87. The van der Waals surface area contributed by atoms with Crippen molar-refractivity contribution in [1.82, 2.24) is 14.3 Å². The molecule has 0 spiro atoms. The molecule has 6 nitrogen and oxygen atoms in total. The molecule has 8 heteroatoms. The second-order valence-corrected chi connectivity index (χ2v) is 6.28. The zero-order valence-corrected chi connectivity index (χ0v) is 14.9. The van der Waals surface area contributed by atoms with Crippen LogP contribution in [0.2, 0.25) is 5.02 Å². The number of anilines is 1. The lowest BCUT2D eigenvalue weighted by Gasteiger charge is -2.26. The van der Waals surface area contributed by atoms with E-state index in [1.165, 1.54) is 29.2 Å². The Labute approximate surface area is 154 Å². The van der Waals surface area contributed by atoms with E-state index >= 15 is 0 Å². The Balaban J connectivity index is 2.03. The first kappa shape index (κ1) is 17.9. The summed E-state index contributed by atoms with van der Waals surface area (Å²) < 4.78 is 15.1. The van der Waals surface area contributed by atoms with Crippen LogP contribution in [0.1, 0.15) is 13.8 Å². The lowest BCUT2D eigenvalue weighted by Crippen LogP contribution is -2.43. The average molecular weight is 375 g/mol. The molecule has 0 saturated heterocycles. The fourth-order valence-corrected chi connectivity index (χ4v) is 2.79. The molecule has 0 radical (unpaired) electrons. The highest BCUT2D eigenvalue weighted by molar-refractivity contribution is 6.32. The molecule has 0 aliphatic carbocycles. The van der Waals surface area contributed by atoms with Crippen molar-refractivity contribution in [2.24, 2.45) is 0 Å². The molecule has 2 aromatic carbocycles. The van der Waals surface area contributed by atoms with E-state index in [4.69, 9.17) is 11.6 Å². The molecule has 1 heterocycles. The van der Waals surface area contributed by atoms with Crippen LogP contribution in [0.5, 0.6) is 0 Å². The van der Waals surface area contributed by atoms with Gasteiger partial charge < -0.3 is 0 Å². The number of hydrogen-bond donors (Lipinski definition) is 0. The molecule has 0 fully saturated rings. The van der Waals surface area contributed by atoms with Gasteiger partial charge in [-0.2, -0.15) is 14.3 Å². The molecule has 26 heavy (non-hydrogen) atoms. The molecular formula is C18H16ClFN4O2. The minimum absolute atomic E-state index is 0.261. The number of carbonyl (C=O) groups is 1. The van der Waals surface area contributed by atoms with Crippen LogP contribution in [-0.2, 0) is 0 Å². The first-order valence-electron chi connectivity index (χ1n) is 7.91. The summed E-state index contributed by atoms with van der Waals surface area (Å²) in [7, 11) is 0. The van der Waals surface area contributed by atoms with Crippen molar-refractivity contribution >= 4 is 23.3 Å². The molecule has 0 bridgehead atoms. The summed E-state index contributed by atoms with van der Waals surface area (Å²) in [4.78, 5) is 27.0. The predicted octanol–water partition coefficient (Wildman–Crippen LogP) is 3.71. The summed E-state index contributed by atoms with van der Waals surface area (Å²) >= 11 is 6.10. The van der Waals surface area contributed by atoms with Crippen LogP contribution in [-0.4, -0.2) is 26.4 Å². The van der Waals surface area contributed by atoms with Crippen LogP contribution in [0.4, 0.5) is 14.9 Å². The van der Waals surface area contributed by atoms with Crippen molar-refractivity contribution in [2.75, 3.05) is 4.90 Å². The minimum Gasteiger partial charge on any atom is -0.291 e. The Morgan fingerprint density at radius 3 is 2.42 bits per heavy atom. The van der Waals surface area contributed by atoms with Gasteiger partial charge in [-0.1, -0.05) is 23.7 Å². The Hall–Kier alpha value is -2.93. The van der Waals surface area contributed by atoms with Gasteiger partial charge in [-0.3, -0.25) is 4.90 Å². The van der Waals surface area contributed by atoms with E-state index in [0.29, 0.717) is 16.4 Å². The maximum atomic E-state index is 13.2. The molecule has 0 N–H and O–H groups in total. The number of nitrogens with zero attached hydrogens (tertiary/aromatic N) is 4. The van der Waals surface area contributed by atoms with E-state index in [9.17, 15) is 14.0 Å². The molecule has 3 rings (SSSR count). The third-order valence-electron chi connectivity index (χ3n) is 3.78. The third kappa shape index (κ3) is 3.25. The fourth-order valence-electron chi connectivity index (χ4n) is 2.57. The van der Waals surface area contributed by atoms with Gasteiger partial charge in [0, 0.05) is 11.7 Å². The van der Waals surface area contributed by atoms with Gasteiger partial charge in [0.1, 0.15) is 12.1 Å². The molecule has 1 aromatic heterocycles. The van der Waals surface area contributed by atoms with Gasteiger partial charge in [-0.15, -0.1) is 0 Å². The summed E-state index contributed by atoms with van der Waals surface area (Å²) in [6.07, 6.45) is 1.15. The topological polar surface area (TPSA) is 60.1 Å². The van der Waals surface area contributed by atoms with Crippen LogP contribution < -0.4 is 10.6 Å². The molecule has 134 valence electrons. The van der Waals surface area contributed by atoms with Crippen LogP contribution >= 0.6 is 11.6 Å². The largest absolute Gasteiger partial charge is 0.358 e. The molecule has 3 aromatic rings. The van der Waals surface area contributed by atoms with E-state index in [2.05, 4.69) is 5.10 Å². The molecule has 0 aliphatic heterocycles. The lowest BCUT2D eigenvalue weighted by atomic mass is 10.2. The first-order chi connectivity index (χ1) is 12.4. The Bertz CT molecular complexity index is 995. The predicted molar refractivity (Wildman–Crippen MR) is 97.6 cm³/mol. The highest BCUT2D eigenvalue weighted by Gasteiger charge is 2.24. The number of carbonyl (C=O) groups excluding carboxylic acids is 1. The summed E-state index contributed by atoms with van der Waals surface area (Å²) in [5.74, 6) is -0.409. The Morgan fingerprint density at radius 1 is 1.15 bits per heavy atom. The maximum Gasteiger partial charge on any atom is 0.358 e. The maximum absolute atomic E-state index is 13.2. The molecule has 0 unspecified atom stereocenters. The standard InChI is InChI=1S/C18H16ClFN4O2/c1-12(2)23(14-9-7-13(20)8-10-14)17(25)22-11-21-24(18(22)26)16-6-4-3-5-15(16)19/h3-12H,1-2H3. The second kappa shape index (κ2) is 7.13. The van der Waals surface area contributed by atoms with Crippen LogP contribution in [0.3, 0.4) is 0 Å². The first-order valence-corrected chi connectivity index (χ1v) is 8.28. The van der Waals surface area contributed by atoms with Crippen molar-refractivity contribution in [1.29, 1.82) is 0 Å². The van der Waals surface area contributed by atoms with Gasteiger partial charge in [0.15, 0.2) is 0 Å². The highest BCUT2D eigenvalue weighted by Crippen LogP contribution is 2.20. The zero-order valence-electron chi connectivity index (χ0n) is 14.1. The number of para-hydroxylation sites is 1. The van der Waals surface area contributed by atoms with E-state index in [-0.39, 0.29) is 6.04 Å². The summed E-state index contributed by atoms with van der Waals surface area (Å²) in [6.45, 7) is 3.59. The van der Waals surface area contributed by atoms with Crippen molar-refractivity contribution in [3.8, 4) is 5.69 Å². The average Bonchev–Trinajstić information content (AvgIpc) is 2.98. The van der Waals surface area contributed by atoms with Crippen LogP contribution in [0, 0.1) is 5.82 Å². The third-order valence-corrected chi connectivity index (χ3v) is 4.10. The summed E-state index contributed by atoms with van der Waals surface area (Å²) in [5, 5.41) is 4.33. The van der Waals surface area contributed by atoms with Crippen molar-refractivity contribution in [3.63, 3.8) is 0 Å². The number of rotatable bonds is 3. The van der Waals surface area contributed by atoms with Crippen molar-refractivity contribution in [2.45, 2.75) is 19.9 Å². The smallest absolute Gasteiger partial charge is 0.291 e. The monoisotopic (exact) mass is 374 g/mol. The lowest BCUT2D eigenvalue weighted by molar-refractivity contribution is 0.245. The van der Waals surface area contributed by atoms with Gasteiger partial charge in [0.25, 0.3) is 0 Å². The minimum atomic E-state index is -0.643. The zero-order chi connectivity index (χ0) is 18.8. The number of benzene rings is 2. The van der Waals surface area contributed by atoms with Crippen LogP contribution in [0.15, 0.2) is 59.7 Å². The number of halogens is 2. The molecule has 0 aliphatic rings. The highest BCUT2D eigenvalue weighted by atomic mass is 35.5. The molecule has 0 saturated carbocycles. The Kier molecular flexibility index (Phi) is 4.90. The van der Waals surface area contributed by atoms with E-state index in [1.807, 2.05) is 0 Å². The van der Waals surface area contributed by atoms with Gasteiger partial charge >= 0.3 is 11.7 Å². The molecule has 0 atom stereocenters. The quantitative estimate of drug-likeness (QED) is 0.702. The molecule has 1 amide bonds. The van der Waals surface area contributed by atoms with Crippen LogP contribution in [0.25, 0.3) is 5.69 Å². The Morgan fingerprint density at radius 2 is 1.81 bits per heavy atom. The number of amides is 1. The SMILES string of the molecule is CC(C)N(C(=O)n1cnn(-c2ccccc2Cl)c1=O)c1ccc(F)cc1. The van der Waals surface area contributed by atoms with Crippen molar-refractivity contribution < 1.29 is 9.18 Å². The number of hydrogen-bond acceptors (Lipinski definition) is 3. The van der Waals surface area contributed by atoms with Crippen molar-refractivity contribution in [3.05, 3.63) is 76.2 Å². The fraction of sp³-hybridized carbons (Fsp3) is 0.167.